The number of nitrogens with zero attached hydrogens (tertiary/aromatic N) is 4. The minimum absolute atomic E-state index is 0.0440. The molecule has 0 unspecified atom stereocenters. The second kappa shape index (κ2) is 12.7. The lowest BCUT2D eigenvalue weighted by Crippen LogP contribution is -2.40. The SMILES string of the molecule is Cc1c(NC(=O)c2ccc(N3CCCC3)cc2)cccc1-c1cn(C)c(=O)c(Nc2ccc(C(=O)N3CCOCC3)cc2)n1. The number of anilines is 4. The van der Waals surface area contributed by atoms with Crippen LogP contribution >= 0.6 is 0 Å². The second-order valence-corrected chi connectivity index (χ2v) is 11.2. The highest BCUT2D eigenvalue weighted by Crippen LogP contribution is 2.29. The molecule has 2 amide bonds. The standard InChI is InChI=1S/C34H36N6O4/c1-23-28(6-5-7-29(23)37-32(41)24-10-14-27(15-11-24)39-16-3-4-17-39)30-22-38(2)34(43)31(36-30)35-26-12-8-25(9-13-26)33(42)40-18-20-44-21-19-40/h5-15,22H,3-4,16-21H2,1-2H3,(H,35,36)(H,37,41). The van der Waals surface area contributed by atoms with E-state index in [2.05, 4.69) is 20.5 Å². The summed E-state index contributed by atoms with van der Waals surface area (Å²) in [5.74, 6) is -0.0776. The quantitative estimate of drug-likeness (QED) is 0.317. The molecule has 3 aromatic carbocycles. The van der Waals surface area contributed by atoms with Crippen LogP contribution in [0, 0.1) is 6.92 Å². The highest BCUT2D eigenvalue weighted by atomic mass is 16.5. The highest BCUT2D eigenvalue weighted by Gasteiger charge is 2.19. The fourth-order valence-electron chi connectivity index (χ4n) is 5.64. The van der Waals surface area contributed by atoms with Crippen molar-refractivity contribution in [2.75, 3.05) is 54.9 Å². The molecule has 0 atom stereocenters. The third kappa shape index (κ3) is 6.21. The Hall–Kier alpha value is -4.96. The van der Waals surface area contributed by atoms with Crippen molar-refractivity contribution in [1.29, 1.82) is 0 Å². The molecule has 2 aliphatic heterocycles. The van der Waals surface area contributed by atoms with E-state index in [1.807, 2.05) is 49.4 Å². The maximum atomic E-state index is 13.1. The molecular formula is C34H36N6O4. The molecule has 2 saturated heterocycles. The van der Waals surface area contributed by atoms with Crippen LogP contribution in [0.25, 0.3) is 11.3 Å². The van der Waals surface area contributed by atoms with E-state index in [0.717, 1.165) is 29.9 Å². The molecule has 10 heteroatoms. The zero-order chi connectivity index (χ0) is 30.6. The predicted octanol–water partition coefficient (Wildman–Crippen LogP) is 4.82. The van der Waals surface area contributed by atoms with Crippen LogP contribution in [0.5, 0.6) is 0 Å². The Kier molecular flexibility index (Phi) is 8.42. The van der Waals surface area contributed by atoms with E-state index < -0.39 is 0 Å². The molecule has 10 nitrogen and oxygen atoms in total. The number of benzene rings is 3. The van der Waals surface area contributed by atoms with E-state index in [0.29, 0.717) is 54.5 Å². The van der Waals surface area contributed by atoms with Gasteiger partial charge in [0.25, 0.3) is 17.4 Å². The molecule has 0 aliphatic carbocycles. The molecule has 2 aliphatic rings. The van der Waals surface area contributed by atoms with Crippen LogP contribution in [-0.4, -0.2) is 65.7 Å². The van der Waals surface area contributed by atoms with E-state index >= 15 is 0 Å². The molecule has 0 radical (unpaired) electrons. The zero-order valence-electron chi connectivity index (χ0n) is 25.0. The average molecular weight is 593 g/mol. The first-order valence-corrected chi connectivity index (χ1v) is 15.0. The Bertz CT molecular complexity index is 1720. The Morgan fingerprint density at radius 1 is 0.864 bits per heavy atom. The summed E-state index contributed by atoms with van der Waals surface area (Å²) in [7, 11) is 1.68. The minimum atomic E-state index is -0.290. The maximum Gasteiger partial charge on any atom is 0.293 e. The lowest BCUT2D eigenvalue weighted by Gasteiger charge is -2.26. The first kappa shape index (κ1) is 29.1. The monoisotopic (exact) mass is 592 g/mol. The smallest absolute Gasteiger partial charge is 0.293 e. The number of morpholine rings is 1. The molecule has 3 heterocycles. The molecule has 1 aromatic heterocycles. The van der Waals surface area contributed by atoms with Crippen LogP contribution in [0.15, 0.2) is 77.7 Å². The minimum Gasteiger partial charge on any atom is -0.378 e. The van der Waals surface area contributed by atoms with Gasteiger partial charge < -0.3 is 29.7 Å². The van der Waals surface area contributed by atoms with Gasteiger partial charge in [0.15, 0.2) is 5.82 Å². The van der Waals surface area contributed by atoms with Crippen molar-refractivity contribution in [3.63, 3.8) is 0 Å². The van der Waals surface area contributed by atoms with Crippen LogP contribution in [-0.2, 0) is 11.8 Å². The predicted molar refractivity (Wildman–Crippen MR) is 172 cm³/mol. The summed E-state index contributed by atoms with van der Waals surface area (Å²) >= 11 is 0. The number of ether oxygens (including phenoxy) is 1. The molecule has 0 spiro atoms. The lowest BCUT2D eigenvalue weighted by molar-refractivity contribution is 0.0303. The van der Waals surface area contributed by atoms with Crippen molar-refractivity contribution < 1.29 is 14.3 Å². The fraction of sp³-hybridized carbons (Fsp3) is 0.294. The molecular weight excluding hydrogens is 556 g/mol. The molecule has 0 saturated carbocycles. The van der Waals surface area contributed by atoms with Crippen molar-refractivity contribution in [1.82, 2.24) is 14.5 Å². The Labute approximate surface area is 256 Å². The van der Waals surface area contributed by atoms with Crippen LogP contribution in [0.1, 0.15) is 39.1 Å². The maximum absolute atomic E-state index is 13.1. The Morgan fingerprint density at radius 2 is 1.55 bits per heavy atom. The summed E-state index contributed by atoms with van der Waals surface area (Å²) in [6, 6.07) is 20.4. The molecule has 2 N–H and O–H groups in total. The summed E-state index contributed by atoms with van der Waals surface area (Å²) in [6.45, 7) is 6.25. The Balaban J connectivity index is 1.19. The number of carbonyl (C=O) groups is 2. The highest BCUT2D eigenvalue weighted by molar-refractivity contribution is 6.05. The number of amides is 2. The van der Waals surface area contributed by atoms with Gasteiger partial charge in [-0.15, -0.1) is 0 Å². The topological polar surface area (TPSA) is 109 Å². The summed E-state index contributed by atoms with van der Waals surface area (Å²) < 4.78 is 6.82. The van der Waals surface area contributed by atoms with Crippen LogP contribution in [0.3, 0.4) is 0 Å². The van der Waals surface area contributed by atoms with Gasteiger partial charge in [0.2, 0.25) is 0 Å². The van der Waals surface area contributed by atoms with Crippen molar-refractivity contribution in [3.05, 3.63) is 100.0 Å². The van der Waals surface area contributed by atoms with Crippen LogP contribution in [0.4, 0.5) is 22.9 Å². The molecule has 0 bridgehead atoms. The number of nitrogens with one attached hydrogen (secondary N) is 2. The Morgan fingerprint density at radius 3 is 2.25 bits per heavy atom. The van der Waals surface area contributed by atoms with E-state index in [-0.39, 0.29) is 23.2 Å². The number of aromatic nitrogens is 2. The van der Waals surface area contributed by atoms with Gasteiger partial charge in [-0.1, -0.05) is 12.1 Å². The van der Waals surface area contributed by atoms with Gasteiger partial charge in [-0.3, -0.25) is 14.4 Å². The third-order valence-electron chi connectivity index (χ3n) is 8.22. The van der Waals surface area contributed by atoms with Crippen molar-refractivity contribution >= 4 is 34.7 Å². The van der Waals surface area contributed by atoms with E-state index in [1.54, 1.807) is 42.4 Å². The van der Waals surface area contributed by atoms with Gasteiger partial charge in [-0.2, -0.15) is 0 Å². The van der Waals surface area contributed by atoms with Gasteiger partial charge in [0, 0.05) is 73.2 Å². The molecule has 6 rings (SSSR count). The van der Waals surface area contributed by atoms with Gasteiger partial charge in [0.05, 0.1) is 18.9 Å². The van der Waals surface area contributed by atoms with Crippen LogP contribution < -0.4 is 21.1 Å². The molecule has 2 fully saturated rings. The number of carbonyl (C=O) groups excluding carboxylic acids is 2. The second-order valence-electron chi connectivity index (χ2n) is 11.2. The van der Waals surface area contributed by atoms with Gasteiger partial charge in [-0.05, 0) is 79.9 Å². The average Bonchev–Trinajstić information content (AvgIpc) is 3.60. The number of hydrogen-bond acceptors (Lipinski definition) is 7. The normalized spacial score (nSPS) is 14.9. The van der Waals surface area contributed by atoms with E-state index in [4.69, 9.17) is 4.74 Å². The number of rotatable bonds is 7. The lowest BCUT2D eigenvalue weighted by atomic mass is 10.0. The first-order valence-electron chi connectivity index (χ1n) is 15.0. The van der Waals surface area contributed by atoms with Crippen molar-refractivity contribution in [3.8, 4) is 11.3 Å². The van der Waals surface area contributed by atoms with E-state index in [9.17, 15) is 14.4 Å². The molecule has 44 heavy (non-hydrogen) atoms. The van der Waals surface area contributed by atoms with E-state index in [1.165, 1.54) is 17.4 Å². The summed E-state index contributed by atoms with van der Waals surface area (Å²) in [5.41, 5.74) is 5.51. The van der Waals surface area contributed by atoms with Crippen LogP contribution in [0.2, 0.25) is 0 Å². The largest absolute Gasteiger partial charge is 0.378 e. The number of aryl methyl sites for hydroxylation is 1. The van der Waals surface area contributed by atoms with Gasteiger partial charge in [0.1, 0.15) is 0 Å². The summed E-state index contributed by atoms with van der Waals surface area (Å²) in [4.78, 5) is 47.7. The first-order chi connectivity index (χ1) is 21.4. The molecule has 226 valence electrons. The fourth-order valence-corrected chi connectivity index (χ4v) is 5.64. The summed E-state index contributed by atoms with van der Waals surface area (Å²) in [6.07, 6.45) is 4.08. The van der Waals surface area contributed by atoms with Crippen molar-refractivity contribution in [2.24, 2.45) is 7.05 Å². The third-order valence-corrected chi connectivity index (χ3v) is 8.22. The van der Waals surface area contributed by atoms with Gasteiger partial charge >= 0.3 is 0 Å². The van der Waals surface area contributed by atoms with Crippen molar-refractivity contribution in [2.45, 2.75) is 19.8 Å². The summed E-state index contributed by atoms with van der Waals surface area (Å²) in [5, 5.41) is 6.16. The zero-order valence-corrected chi connectivity index (χ0v) is 25.0. The van der Waals surface area contributed by atoms with Gasteiger partial charge in [-0.25, -0.2) is 4.98 Å². The molecule has 4 aromatic rings. The number of hydrogen-bond donors (Lipinski definition) is 2.